The predicted octanol–water partition coefficient (Wildman–Crippen LogP) is 1.57. The summed E-state index contributed by atoms with van der Waals surface area (Å²) in [6.07, 6.45) is 5.85. The lowest BCUT2D eigenvalue weighted by molar-refractivity contribution is -0.129. The lowest BCUT2D eigenvalue weighted by atomic mass is 10.2. The Bertz CT molecular complexity index is 169. The van der Waals surface area contributed by atoms with Crippen LogP contribution >= 0.6 is 0 Å². The summed E-state index contributed by atoms with van der Waals surface area (Å²) in [5.41, 5.74) is 0. The van der Waals surface area contributed by atoms with Crippen LogP contribution in [0.5, 0.6) is 0 Å². The second-order valence-electron chi connectivity index (χ2n) is 3.43. The van der Waals surface area contributed by atoms with E-state index in [9.17, 15) is 4.79 Å². The van der Waals surface area contributed by atoms with Gasteiger partial charge in [0.2, 0.25) is 5.91 Å². The van der Waals surface area contributed by atoms with Crippen molar-refractivity contribution in [3.05, 3.63) is 12.7 Å². The minimum absolute atomic E-state index is 0.175. The number of aliphatic hydroxyl groups excluding tert-OH is 1. The zero-order valence-corrected chi connectivity index (χ0v) is 9.04. The minimum atomic E-state index is 0.175. The fourth-order valence-corrected chi connectivity index (χ4v) is 1.18. The molecule has 0 aliphatic rings. The van der Waals surface area contributed by atoms with E-state index in [1.54, 1.807) is 11.0 Å². The summed E-state index contributed by atoms with van der Waals surface area (Å²) >= 11 is 0. The molecule has 0 saturated heterocycles. The Labute approximate surface area is 86.4 Å². The van der Waals surface area contributed by atoms with Gasteiger partial charge in [-0.3, -0.25) is 4.79 Å². The SMILES string of the molecule is C=CCCC(=O)N(C)CCCCCO. The van der Waals surface area contributed by atoms with Gasteiger partial charge < -0.3 is 10.0 Å². The lowest BCUT2D eigenvalue weighted by Crippen LogP contribution is -2.27. The third-order valence-corrected chi connectivity index (χ3v) is 2.14. The molecular weight excluding hydrogens is 178 g/mol. The highest BCUT2D eigenvalue weighted by molar-refractivity contribution is 5.75. The zero-order chi connectivity index (χ0) is 10.8. The number of hydrogen-bond donors (Lipinski definition) is 1. The number of carbonyl (C=O) groups excluding carboxylic acids is 1. The molecule has 82 valence electrons. The van der Waals surface area contributed by atoms with Gasteiger partial charge in [-0.2, -0.15) is 0 Å². The van der Waals surface area contributed by atoms with Crippen LogP contribution in [0.25, 0.3) is 0 Å². The first-order valence-corrected chi connectivity index (χ1v) is 5.18. The number of hydrogen-bond acceptors (Lipinski definition) is 2. The fourth-order valence-electron chi connectivity index (χ4n) is 1.18. The van der Waals surface area contributed by atoms with Crippen LogP contribution in [0.3, 0.4) is 0 Å². The second-order valence-corrected chi connectivity index (χ2v) is 3.43. The molecule has 0 aromatic carbocycles. The van der Waals surface area contributed by atoms with E-state index in [-0.39, 0.29) is 12.5 Å². The topological polar surface area (TPSA) is 40.5 Å². The van der Waals surface area contributed by atoms with Gasteiger partial charge in [0, 0.05) is 26.6 Å². The largest absolute Gasteiger partial charge is 0.396 e. The quantitative estimate of drug-likeness (QED) is 0.476. The molecule has 1 N–H and O–H groups in total. The fraction of sp³-hybridized carbons (Fsp3) is 0.727. The molecule has 0 spiro atoms. The molecule has 0 heterocycles. The Hall–Kier alpha value is -0.830. The molecule has 0 fully saturated rings. The van der Waals surface area contributed by atoms with Gasteiger partial charge in [0.15, 0.2) is 0 Å². The lowest BCUT2D eigenvalue weighted by Gasteiger charge is -2.16. The smallest absolute Gasteiger partial charge is 0.222 e. The minimum Gasteiger partial charge on any atom is -0.396 e. The van der Waals surface area contributed by atoms with E-state index in [4.69, 9.17) is 5.11 Å². The van der Waals surface area contributed by atoms with Crippen molar-refractivity contribution in [2.24, 2.45) is 0 Å². The highest BCUT2D eigenvalue weighted by atomic mass is 16.2. The first-order valence-electron chi connectivity index (χ1n) is 5.18. The monoisotopic (exact) mass is 199 g/mol. The molecule has 0 bridgehead atoms. The maximum Gasteiger partial charge on any atom is 0.222 e. The Balaban J connectivity index is 3.46. The number of aliphatic hydroxyl groups is 1. The van der Waals surface area contributed by atoms with Crippen molar-refractivity contribution in [3.63, 3.8) is 0 Å². The van der Waals surface area contributed by atoms with E-state index in [1.165, 1.54) is 0 Å². The molecule has 0 saturated carbocycles. The van der Waals surface area contributed by atoms with Gasteiger partial charge in [-0.25, -0.2) is 0 Å². The molecule has 0 unspecified atom stereocenters. The normalized spacial score (nSPS) is 9.86. The maximum absolute atomic E-state index is 11.4. The van der Waals surface area contributed by atoms with E-state index < -0.39 is 0 Å². The van der Waals surface area contributed by atoms with Crippen molar-refractivity contribution < 1.29 is 9.90 Å². The molecule has 0 radical (unpaired) electrons. The van der Waals surface area contributed by atoms with Crippen molar-refractivity contribution in [2.75, 3.05) is 20.2 Å². The number of amides is 1. The Morgan fingerprint density at radius 3 is 2.71 bits per heavy atom. The number of unbranched alkanes of at least 4 members (excludes halogenated alkanes) is 2. The highest BCUT2D eigenvalue weighted by Crippen LogP contribution is 2.00. The number of allylic oxidation sites excluding steroid dienone is 1. The molecule has 0 aliphatic heterocycles. The second kappa shape index (κ2) is 8.75. The number of carbonyl (C=O) groups is 1. The van der Waals surface area contributed by atoms with Crippen molar-refractivity contribution in [2.45, 2.75) is 32.1 Å². The molecule has 0 aliphatic carbocycles. The summed E-state index contributed by atoms with van der Waals surface area (Å²) in [7, 11) is 1.82. The summed E-state index contributed by atoms with van der Waals surface area (Å²) in [5.74, 6) is 0.175. The molecular formula is C11H21NO2. The van der Waals surface area contributed by atoms with Crippen molar-refractivity contribution in [3.8, 4) is 0 Å². The van der Waals surface area contributed by atoms with Gasteiger partial charge >= 0.3 is 0 Å². The Morgan fingerprint density at radius 2 is 2.14 bits per heavy atom. The molecule has 14 heavy (non-hydrogen) atoms. The average Bonchev–Trinajstić information content (AvgIpc) is 2.20. The van der Waals surface area contributed by atoms with Gasteiger partial charge in [-0.15, -0.1) is 6.58 Å². The number of nitrogens with zero attached hydrogens (tertiary/aromatic N) is 1. The highest BCUT2D eigenvalue weighted by Gasteiger charge is 2.05. The maximum atomic E-state index is 11.4. The van der Waals surface area contributed by atoms with Crippen molar-refractivity contribution >= 4 is 5.91 Å². The summed E-state index contributed by atoms with van der Waals surface area (Å²) in [6, 6.07) is 0. The van der Waals surface area contributed by atoms with Crippen LogP contribution in [0, 0.1) is 0 Å². The predicted molar refractivity (Wildman–Crippen MR) is 58.0 cm³/mol. The van der Waals surface area contributed by atoms with Crippen molar-refractivity contribution in [1.82, 2.24) is 4.90 Å². The van der Waals surface area contributed by atoms with Crippen LogP contribution in [0.1, 0.15) is 32.1 Å². The summed E-state index contributed by atoms with van der Waals surface area (Å²) < 4.78 is 0. The Morgan fingerprint density at radius 1 is 1.43 bits per heavy atom. The van der Waals surface area contributed by atoms with E-state index in [0.717, 1.165) is 32.2 Å². The first-order chi connectivity index (χ1) is 6.72. The molecule has 1 amide bonds. The molecule has 3 nitrogen and oxygen atoms in total. The van der Waals surface area contributed by atoms with Gasteiger partial charge in [-0.1, -0.05) is 6.08 Å². The molecule has 0 rings (SSSR count). The van der Waals surface area contributed by atoms with Crippen LogP contribution in [0.15, 0.2) is 12.7 Å². The molecule has 0 aromatic rings. The van der Waals surface area contributed by atoms with Crippen molar-refractivity contribution in [1.29, 1.82) is 0 Å². The van der Waals surface area contributed by atoms with E-state index in [0.29, 0.717) is 6.42 Å². The summed E-state index contributed by atoms with van der Waals surface area (Å²) in [6.45, 7) is 4.61. The van der Waals surface area contributed by atoms with E-state index in [1.807, 2.05) is 7.05 Å². The van der Waals surface area contributed by atoms with Gasteiger partial charge in [0.25, 0.3) is 0 Å². The third kappa shape index (κ3) is 6.66. The van der Waals surface area contributed by atoms with Crippen LogP contribution < -0.4 is 0 Å². The number of rotatable bonds is 8. The van der Waals surface area contributed by atoms with Crippen LogP contribution in [-0.2, 0) is 4.79 Å². The third-order valence-electron chi connectivity index (χ3n) is 2.14. The standard InChI is InChI=1S/C11H21NO2/c1-3-4-8-11(14)12(2)9-6-5-7-10-13/h3,13H,1,4-10H2,2H3. The summed E-state index contributed by atoms with van der Waals surface area (Å²) in [5, 5.41) is 8.57. The van der Waals surface area contributed by atoms with E-state index in [2.05, 4.69) is 6.58 Å². The van der Waals surface area contributed by atoms with Gasteiger partial charge in [0.1, 0.15) is 0 Å². The van der Waals surface area contributed by atoms with Gasteiger partial charge in [-0.05, 0) is 25.7 Å². The van der Waals surface area contributed by atoms with E-state index >= 15 is 0 Å². The van der Waals surface area contributed by atoms with Crippen LogP contribution in [0.2, 0.25) is 0 Å². The van der Waals surface area contributed by atoms with Gasteiger partial charge in [0.05, 0.1) is 0 Å². The average molecular weight is 199 g/mol. The van der Waals surface area contributed by atoms with Crippen LogP contribution in [-0.4, -0.2) is 36.1 Å². The molecule has 3 heteroatoms. The Kier molecular flexibility index (Phi) is 8.24. The zero-order valence-electron chi connectivity index (χ0n) is 9.04. The molecule has 0 atom stereocenters. The summed E-state index contributed by atoms with van der Waals surface area (Å²) in [4.78, 5) is 13.1. The molecule has 0 aromatic heterocycles. The van der Waals surface area contributed by atoms with Crippen LogP contribution in [0.4, 0.5) is 0 Å². The first kappa shape index (κ1) is 13.2.